The molecule has 2 aromatic rings. The van der Waals surface area contributed by atoms with Gasteiger partial charge < -0.3 is 24.2 Å². The Hall–Kier alpha value is -2.67. The van der Waals surface area contributed by atoms with Gasteiger partial charge in [-0.25, -0.2) is 4.79 Å². The molecule has 0 radical (unpaired) electrons. The lowest BCUT2D eigenvalue weighted by atomic mass is 10.2. The van der Waals surface area contributed by atoms with Crippen LogP contribution >= 0.6 is 8.17 Å². The fourth-order valence-corrected chi connectivity index (χ4v) is 3.87. The highest BCUT2D eigenvalue weighted by Crippen LogP contribution is 2.48. The van der Waals surface area contributed by atoms with Crippen LogP contribution in [0.3, 0.4) is 0 Å². The highest BCUT2D eigenvalue weighted by atomic mass is 31.2. The summed E-state index contributed by atoms with van der Waals surface area (Å²) in [5.41, 5.74) is -1.35. The monoisotopic (exact) mass is 442 g/mol. The molecule has 0 amide bonds. The second kappa shape index (κ2) is 8.60. The van der Waals surface area contributed by atoms with Crippen molar-refractivity contribution in [2.75, 3.05) is 6.61 Å². The molecular formula is C16H17N3O10P-. The molecule has 3 rings (SSSR count). The number of hydrogen-bond donors (Lipinski definition) is 2. The Morgan fingerprint density at radius 1 is 1.33 bits per heavy atom. The Morgan fingerprint density at radius 2 is 2.00 bits per heavy atom. The van der Waals surface area contributed by atoms with Crippen LogP contribution in [0.4, 0.5) is 5.69 Å². The number of phosphoric ester groups is 1. The van der Waals surface area contributed by atoms with E-state index < -0.39 is 49.4 Å². The third kappa shape index (κ3) is 4.90. The summed E-state index contributed by atoms with van der Waals surface area (Å²) < 4.78 is 16.4. The van der Waals surface area contributed by atoms with Crippen molar-refractivity contribution in [2.24, 2.45) is 0 Å². The average molecular weight is 442 g/mol. The maximum Gasteiger partial charge on any atom is 0.330 e. The third-order valence-corrected chi connectivity index (χ3v) is 5.31. The summed E-state index contributed by atoms with van der Waals surface area (Å²) in [7, 11) is -4.96. The zero-order valence-corrected chi connectivity index (χ0v) is 16.4. The second-order valence-electron chi connectivity index (χ2n) is 6.46. The summed E-state index contributed by atoms with van der Waals surface area (Å²) in [5.74, 6) is -0.206. The number of nitro groups is 1. The topological polar surface area (TPSA) is 192 Å². The average Bonchev–Trinajstić information content (AvgIpc) is 3.06. The lowest BCUT2D eigenvalue weighted by Crippen LogP contribution is -2.36. The van der Waals surface area contributed by atoms with Gasteiger partial charge in [-0.15, -0.1) is 0 Å². The van der Waals surface area contributed by atoms with Gasteiger partial charge in [0, 0.05) is 30.3 Å². The Labute approximate surface area is 168 Å². The van der Waals surface area contributed by atoms with Gasteiger partial charge in [0.05, 0.1) is 11.5 Å². The van der Waals surface area contributed by atoms with Crippen LogP contribution in [0, 0.1) is 17.0 Å². The molecule has 1 aliphatic heterocycles. The van der Waals surface area contributed by atoms with E-state index in [9.17, 15) is 34.6 Å². The number of H-pyrrole nitrogens is 1. The van der Waals surface area contributed by atoms with Gasteiger partial charge in [0.1, 0.15) is 18.4 Å². The molecule has 2 heterocycles. The Morgan fingerprint density at radius 3 is 2.60 bits per heavy atom. The summed E-state index contributed by atoms with van der Waals surface area (Å²) in [6, 6.07) is 4.30. The van der Waals surface area contributed by atoms with Crippen LogP contribution in [-0.2, 0) is 9.26 Å². The number of rotatable bonds is 7. The fraction of sp³-hybridized carbons (Fsp3) is 0.375. The standard InChI is InChI=1S/C16H18N3O10P/c1-9-7-18(16(22)17-15(9)21)14-6-12(13(8-20)27-14)29-30(25,26)28-11-4-2-10(3-5-11)19(23)24/h2-5,7,12-14,20H,6,8H2,1H3,(H,25,26)(H,17,21,22)/p-1/t12-,13+,14+/m0/s1. The number of aliphatic hydroxyl groups excluding tert-OH is 1. The summed E-state index contributed by atoms with van der Waals surface area (Å²) in [6.07, 6.45) is -2.13. The van der Waals surface area contributed by atoms with E-state index in [-0.39, 0.29) is 23.4 Å². The number of ether oxygens (including phenoxy) is 1. The molecule has 0 unspecified atom stereocenters. The van der Waals surface area contributed by atoms with E-state index in [1.165, 1.54) is 13.1 Å². The Bertz CT molecular complexity index is 1030. The molecular weight excluding hydrogens is 425 g/mol. The molecule has 0 aliphatic carbocycles. The maximum absolute atomic E-state index is 12.2. The number of aromatic amines is 1. The van der Waals surface area contributed by atoms with Gasteiger partial charge in [0.15, 0.2) is 5.75 Å². The molecule has 30 heavy (non-hydrogen) atoms. The predicted octanol–water partition coefficient (Wildman–Crippen LogP) is -1.10. The molecule has 1 aromatic heterocycles. The van der Waals surface area contributed by atoms with E-state index in [2.05, 4.69) is 4.98 Å². The Kier molecular flexibility index (Phi) is 6.31. The number of aryl methyl sites for hydroxylation is 1. The first-order chi connectivity index (χ1) is 14.1. The van der Waals surface area contributed by atoms with Crippen molar-refractivity contribution >= 4 is 13.9 Å². The predicted molar refractivity (Wildman–Crippen MR) is 97.2 cm³/mol. The zero-order chi connectivity index (χ0) is 22.1. The van der Waals surface area contributed by atoms with E-state index >= 15 is 0 Å². The van der Waals surface area contributed by atoms with Crippen LogP contribution in [0.2, 0.25) is 0 Å². The quantitative estimate of drug-likeness (QED) is 0.302. The molecule has 13 nitrogen and oxygen atoms in total. The highest BCUT2D eigenvalue weighted by Gasteiger charge is 2.42. The van der Waals surface area contributed by atoms with Crippen molar-refractivity contribution in [3.8, 4) is 5.75 Å². The number of nitrogens with one attached hydrogen (secondary N) is 1. The smallest absolute Gasteiger partial charge is 0.330 e. The van der Waals surface area contributed by atoms with Gasteiger partial charge in [-0.05, 0) is 19.1 Å². The van der Waals surface area contributed by atoms with Gasteiger partial charge >= 0.3 is 5.69 Å². The van der Waals surface area contributed by atoms with Crippen molar-refractivity contribution < 1.29 is 33.6 Å². The Balaban J connectivity index is 1.73. The summed E-state index contributed by atoms with van der Waals surface area (Å²) in [4.78, 5) is 60.1. The zero-order valence-electron chi connectivity index (χ0n) is 15.5. The minimum Gasteiger partial charge on any atom is -0.627 e. The van der Waals surface area contributed by atoms with Crippen LogP contribution in [0.5, 0.6) is 5.75 Å². The third-order valence-electron chi connectivity index (χ3n) is 4.35. The molecule has 1 saturated heterocycles. The van der Waals surface area contributed by atoms with Crippen LogP contribution in [-0.4, -0.2) is 38.4 Å². The van der Waals surface area contributed by atoms with Gasteiger partial charge in [0.25, 0.3) is 11.2 Å². The first kappa shape index (κ1) is 22.0. The van der Waals surface area contributed by atoms with Gasteiger partial charge in [-0.3, -0.25) is 24.5 Å². The molecule has 3 atom stereocenters. The van der Waals surface area contributed by atoms with Crippen molar-refractivity contribution in [1.29, 1.82) is 0 Å². The van der Waals surface area contributed by atoms with Gasteiger partial charge in [-0.1, -0.05) is 0 Å². The van der Waals surface area contributed by atoms with E-state index in [0.717, 1.165) is 28.8 Å². The normalized spacial score (nSPS) is 21.5. The number of benzene rings is 1. The van der Waals surface area contributed by atoms with Crippen LogP contribution in [0.25, 0.3) is 0 Å². The van der Waals surface area contributed by atoms with Crippen molar-refractivity contribution in [3.63, 3.8) is 0 Å². The van der Waals surface area contributed by atoms with Crippen molar-refractivity contribution in [3.05, 3.63) is 67.0 Å². The molecule has 1 aromatic carbocycles. The number of aromatic nitrogens is 2. The lowest BCUT2D eigenvalue weighted by Gasteiger charge is -2.33. The van der Waals surface area contributed by atoms with Crippen molar-refractivity contribution in [2.45, 2.75) is 31.8 Å². The van der Waals surface area contributed by atoms with Crippen LogP contribution < -0.4 is 25.6 Å². The van der Waals surface area contributed by atoms with E-state index in [1.807, 2.05) is 0 Å². The minimum absolute atomic E-state index is 0.132. The molecule has 1 fully saturated rings. The molecule has 0 spiro atoms. The van der Waals surface area contributed by atoms with E-state index in [0.29, 0.717) is 0 Å². The number of non-ortho nitro benzene ring substituents is 1. The molecule has 0 saturated carbocycles. The fourth-order valence-electron chi connectivity index (χ4n) is 2.89. The first-order valence-electron chi connectivity index (χ1n) is 8.61. The SMILES string of the molecule is Cc1cn([C@H]2C[C@H](O[P+]([O-])([O-])Oc3ccc([N+](=O)[O-])cc3)[C@@H](CO)O2)c(=O)[nH]c1=O. The van der Waals surface area contributed by atoms with Crippen LogP contribution in [0.15, 0.2) is 40.1 Å². The van der Waals surface area contributed by atoms with Crippen molar-refractivity contribution in [1.82, 2.24) is 9.55 Å². The number of nitro benzene ring substituents is 1. The van der Waals surface area contributed by atoms with E-state index in [4.69, 9.17) is 13.8 Å². The number of phosphoric acid groups is 1. The van der Waals surface area contributed by atoms with Crippen LogP contribution in [0.1, 0.15) is 18.2 Å². The van der Waals surface area contributed by atoms with Gasteiger partial charge in [-0.2, -0.15) is 4.52 Å². The highest BCUT2D eigenvalue weighted by molar-refractivity contribution is 7.51. The van der Waals surface area contributed by atoms with Gasteiger partial charge in [0.2, 0.25) is 8.17 Å². The molecule has 162 valence electrons. The number of aliphatic hydroxyl groups is 1. The second-order valence-corrected chi connectivity index (χ2v) is 7.75. The molecule has 2 N–H and O–H groups in total. The number of nitrogens with zero attached hydrogens (tertiary/aromatic N) is 2. The summed E-state index contributed by atoms with van der Waals surface area (Å²) in [5, 5.41) is 20.1. The minimum atomic E-state index is -4.96. The number of hydrogen-bond acceptors (Lipinski definition) is 10. The molecule has 14 heteroatoms. The first-order valence-corrected chi connectivity index (χ1v) is 10.1. The summed E-state index contributed by atoms with van der Waals surface area (Å²) in [6.45, 7) is 0.876. The lowest BCUT2D eigenvalue weighted by molar-refractivity contribution is -0.385. The largest absolute Gasteiger partial charge is 0.627 e. The summed E-state index contributed by atoms with van der Waals surface area (Å²) >= 11 is 0. The maximum atomic E-state index is 12.2. The molecule has 1 aliphatic rings. The van der Waals surface area contributed by atoms with E-state index in [1.54, 1.807) is 0 Å². The molecule has 0 bridgehead atoms.